The Morgan fingerprint density at radius 1 is 1.26 bits per heavy atom. The number of para-hydroxylation sites is 1. The van der Waals surface area contributed by atoms with Gasteiger partial charge in [0.1, 0.15) is 28.8 Å². The fourth-order valence-electron chi connectivity index (χ4n) is 4.71. The summed E-state index contributed by atoms with van der Waals surface area (Å²) >= 11 is 0. The standard InChI is InChI=1S/C26H37N3O5/c1-18(2)29(19-7-5-11-27-16-19)26(30)22-15-24(33-13-6-12-31-3)21-8-4-9-23(25(21)28-22)34-20-10-14-32-17-20/h4,8-9,15,18-20,27H,5-7,10-14,16-17H2,1-3H3/t19-,20-/m1/s1. The van der Waals surface area contributed by atoms with Crippen molar-refractivity contribution in [3.05, 3.63) is 30.0 Å². The summed E-state index contributed by atoms with van der Waals surface area (Å²) in [6, 6.07) is 7.79. The first-order valence-electron chi connectivity index (χ1n) is 12.4. The van der Waals surface area contributed by atoms with Crippen molar-refractivity contribution in [2.75, 3.05) is 46.6 Å². The third-order valence-electron chi connectivity index (χ3n) is 6.37. The summed E-state index contributed by atoms with van der Waals surface area (Å²) in [6.07, 6.45) is 3.62. The van der Waals surface area contributed by atoms with Crippen LogP contribution in [0.25, 0.3) is 10.9 Å². The van der Waals surface area contributed by atoms with Gasteiger partial charge in [-0.25, -0.2) is 4.98 Å². The molecule has 8 heteroatoms. The summed E-state index contributed by atoms with van der Waals surface area (Å²) in [5.74, 6) is 1.22. The number of hydrogen-bond acceptors (Lipinski definition) is 7. The first kappa shape index (κ1) is 24.7. The summed E-state index contributed by atoms with van der Waals surface area (Å²) in [7, 11) is 1.68. The van der Waals surface area contributed by atoms with Crippen molar-refractivity contribution in [2.45, 2.75) is 57.7 Å². The van der Waals surface area contributed by atoms with E-state index in [1.54, 1.807) is 13.2 Å². The molecule has 2 aliphatic heterocycles. The third kappa shape index (κ3) is 5.79. The second-order valence-electron chi connectivity index (χ2n) is 9.26. The van der Waals surface area contributed by atoms with Crippen LogP contribution >= 0.6 is 0 Å². The van der Waals surface area contributed by atoms with Crippen LogP contribution in [0.1, 0.15) is 50.0 Å². The molecule has 8 nitrogen and oxygen atoms in total. The molecule has 3 heterocycles. The second-order valence-corrected chi connectivity index (χ2v) is 9.26. The van der Waals surface area contributed by atoms with Gasteiger partial charge < -0.3 is 29.2 Å². The Morgan fingerprint density at radius 3 is 2.85 bits per heavy atom. The number of piperidine rings is 1. The van der Waals surface area contributed by atoms with Gasteiger partial charge in [0.2, 0.25) is 0 Å². The van der Waals surface area contributed by atoms with Crippen LogP contribution in [0.5, 0.6) is 11.5 Å². The molecule has 1 amide bonds. The number of methoxy groups -OCH3 is 1. The Hall–Kier alpha value is -2.42. The van der Waals surface area contributed by atoms with E-state index in [1.807, 2.05) is 23.1 Å². The smallest absolute Gasteiger partial charge is 0.273 e. The van der Waals surface area contributed by atoms with E-state index in [0.717, 1.165) is 44.2 Å². The molecule has 0 spiro atoms. The predicted octanol–water partition coefficient (Wildman–Crippen LogP) is 3.42. The molecule has 0 unspecified atom stereocenters. The van der Waals surface area contributed by atoms with Crippen LogP contribution in [0.2, 0.25) is 0 Å². The number of carbonyl (C=O) groups is 1. The van der Waals surface area contributed by atoms with Gasteiger partial charge in [-0.05, 0) is 45.4 Å². The molecule has 0 aliphatic carbocycles. The van der Waals surface area contributed by atoms with Gasteiger partial charge in [-0.3, -0.25) is 4.79 Å². The molecule has 2 saturated heterocycles. The van der Waals surface area contributed by atoms with Crippen molar-refractivity contribution in [3.8, 4) is 11.5 Å². The lowest BCUT2D eigenvalue weighted by Crippen LogP contribution is -2.51. The molecular weight excluding hydrogens is 434 g/mol. The minimum absolute atomic E-state index is 0.0155. The van der Waals surface area contributed by atoms with Gasteiger partial charge >= 0.3 is 0 Å². The topological polar surface area (TPSA) is 82.2 Å². The molecule has 2 aliphatic rings. The van der Waals surface area contributed by atoms with Crippen molar-refractivity contribution in [1.82, 2.24) is 15.2 Å². The highest BCUT2D eigenvalue weighted by Crippen LogP contribution is 2.34. The maximum absolute atomic E-state index is 13.8. The van der Waals surface area contributed by atoms with E-state index in [9.17, 15) is 4.79 Å². The maximum Gasteiger partial charge on any atom is 0.273 e. The molecule has 186 valence electrons. The van der Waals surface area contributed by atoms with E-state index in [-0.39, 0.29) is 24.1 Å². The molecule has 1 aromatic carbocycles. The van der Waals surface area contributed by atoms with Crippen molar-refractivity contribution in [3.63, 3.8) is 0 Å². The highest BCUT2D eigenvalue weighted by Gasteiger charge is 2.30. The van der Waals surface area contributed by atoms with E-state index < -0.39 is 0 Å². The zero-order chi connectivity index (χ0) is 23.9. The molecule has 0 radical (unpaired) electrons. The molecule has 2 atom stereocenters. The number of pyridine rings is 1. The normalized spacial score (nSPS) is 20.6. The van der Waals surface area contributed by atoms with Crippen LogP contribution in [-0.4, -0.2) is 80.6 Å². The van der Waals surface area contributed by atoms with E-state index >= 15 is 0 Å². The molecule has 34 heavy (non-hydrogen) atoms. The monoisotopic (exact) mass is 471 g/mol. The lowest BCUT2D eigenvalue weighted by Gasteiger charge is -2.37. The molecule has 0 saturated carbocycles. The van der Waals surface area contributed by atoms with Crippen molar-refractivity contribution < 1.29 is 23.7 Å². The number of ether oxygens (including phenoxy) is 4. The van der Waals surface area contributed by atoms with Crippen molar-refractivity contribution in [2.24, 2.45) is 0 Å². The lowest BCUT2D eigenvalue weighted by atomic mass is 10.0. The fourth-order valence-corrected chi connectivity index (χ4v) is 4.71. The minimum Gasteiger partial charge on any atom is -0.493 e. The number of nitrogens with one attached hydrogen (secondary N) is 1. The predicted molar refractivity (Wildman–Crippen MR) is 131 cm³/mol. The molecule has 0 bridgehead atoms. The number of amides is 1. The Bertz CT molecular complexity index is 955. The van der Waals surface area contributed by atoms with Gasteiger partial charge in [-0.15, -0.1) is 0 Å². The number of benzene rings is 1. The molecule has 1 aromatic heterocycles. The second kappa shape index (κ2) is 11.8. The van der Waals surface area contributed by atoms with Gasteiger partial charge in [0.05, 0.1) is 19.8 Å². The van der Waals surface area contributed by atoms with E-state index in [4.69, 9.17) is 23.9 Å². The third-order valence-corrected chi connectivity index (χ3v) is 6.37. The number of aromatic nitrogens is 1. The van der Waals surface area contributed by atoms with E-state index in [1.165, 1.54) is 0 Å². The highest BCUT2D eigenvalue weighted by atomic mass is 16.5. The highest BCUT2D eigenvalue weighted by molar-refractivity contribution is 5.98. The summed E-state index contributed by atoms with van der Waals surface area (Å²) < 4.78 is 23.0. The van der Waals surface area contributed by atoms with Crippen LogP contribution in [0.3, 0.4) is 0 Å². The number of carbonyl (C=O) groups excluding carboxylic acids is 1. The molecule has 1 N–H and O–H groups in total. The quantitative estimate of drug-likeness (QED) is 0.532. The summed E-state index contributed by atoms with van der Waals surface area (Å²) in [4.78, 5) is 20.6. The van der Waals surface area contributed by atoms with Gasteiger partial charge in [0.15, 0.2) is 0 Å². The minimum atomic E-state index is -0.0775. The zero-order valence-corrected chi connectivity index (χ0v) is 20.5. The average molecular weight is 472 g/mol. The fraction of sp³-hybridized carbons (Fsp3) is 0.615. The largest absolute Gasteiger partial charge is 0.493 e. The summed E-state index contributed by atoms with van der Waals surface area (Å²) in [5.41, 5.74) is 1.03. The Morgan fingerprint density at radius 2 is 2.15 bits per heavy atom. The average Bonchev–Trinajstić information content (AvgIpc) is 3.35. The lowest BCUT2D eigenvalue weighted by molar-refractivity contribution is 0.0567. The molecule has 4 rings (SSSR count). The van der Waals surface area contributed by atoms with Crippen LogP contribution in [0.15, 0.2) is 24.3 Å². The summed E-state index contributed by atoms with van der Waals surface area (Å²) in [5, 5.41) is 4.26. The van der Waals surface area contributed by atoms with Crippen molar-refractivity contribution in [1.29, 1.82) is 0 Å². The molecule has 2 aromatic rings. The van der Waals surface area contributed by atoms with Gasteiger partial charge in [0.25, 0.3) is 5.91 Å². The first-order chi connectivity index (χ1) is 16.6. The number of rotatable bonds is 10. The van der Waals surface area contributed by atoms with Crippen LogP contribution in [-0.2, 0) is 9.47 Å². The van der Waals surface area contributed by atoms with E-state index in [2.05, 4.69) is 19.2 Å². The van der Waals surface area contributed by atoms with Gasteiger partial charge in [0, 0.05) is 56.6 Å². The number of fused-ring (bicyclic) bond motifs is 1. The summed E-state index contributed by atoms with van der Waals surface area (Å²) in [6.45, 7) is 8.27. The number of hydrogen-bond donors (Lipinski definition) is 1. The van der Waals surface area contributed by atoms with Gasteiger partial charge in [-0.1, -0.05) is 6.07 Å². The van der Waals surface area contributed by atoms with Crippen LogP contribution in [0, 0.1) is 0 Å². The van der Waals surface area contributed by atoms with Crippen LogP contribution < -0.4 is 14.8 Å². The Labute approximate surface area is 201 Å². The zero-order valence-electron chi connectivity index (χ0n) is 20.5. The molecule has 2 fully saturated rings. The van der Waals surface area contributed by atoms with Gasteiger partial charge in [-0.2, -0.15) is 0 Å². The molecular formula is C26H37N3O5. The van der Waals surface area contributed by atoms with Crippen LogP contribution in [0.4, 0.5) is 0 Å². The number of nitrogens with zero attached hydrogens (tertiary/aromatic N) is 2. The van der Waals surface area contributed by atoms with Crippen molar-refractivity contribution >= 4 is 16.8 Å². The van der Waals surface area contributed by atoms with E-state index in [0.29, 0.717) is 49.1 Å². The Balaban J connectivity index is 1.71. The Kier molecular flexibility index (Phi) is 8.59. The SMILES string of the molecule is COCCCOc1cc(C(=O)N(C(C)C)[C@@H]2CCCNC2)nc2c(O[C@@H]3CCOC3)cccc12. The maximum atomic E-state index is 13.8. The first-order valence-corrected chi connectivity index (χ1v) is 12.4.